The molecule has 1 aliphatic heterocycles. The average Bonchev–Trinajstić information content (AvgIpc) is 2.88. The number of aliphatic hydroxyl groups excluding tert-OH is 1. The Hall–Kier alpha value is -1.93. The first-order chi connectivity index (χ1) is 16.5. The van der Waals surface area contributed by atoms with Gasteiger partial charge in [-0.2, -0.15) is 0 Å². The number of piperidine rings is 1. The number of aromatic nitrogens is 2. The highest BCUT2D eigenvalue weighted by Crippen LogP contribution is 2.42. The number of benzene rings is 1. The van der Waals surface area contributed by atoms with E-state index in [4.69, 9.17) is 16.3 Å². The fourth-order valence-electron chi connectivity index (χ4n) is 4.66. The van der Waals surface area contributed by atoms with E-state index in [2.05, 4.69) is 14.9 Å². The lowest BCUT2D eigenvalue weighted by Gasteiger charge is -2.41. The molecule has 1 saturated heterocycles. The third-order valence-electron chi connectivity index (χ3n) is 6.89. The van der Waals surface area contributed by atoms with Crippen LogP contribution in [0.15, 0.2) is 53.8 Å². The molecule has 3 aromatic rings. The smallest absolute Gasteiger partial charge is 0.127 e. The largest absolute Gasteiger partial charge is 0.497 e. The fraction of sp³-hybridized carbons (Fsp3) is 0.462. The molecule has 1 fully saturated rings. The molecule has 3 heterocycles. The second-order valence-electron chi connectivity index (χ2n) is 8.94. The van der Waals surface area contributed by atoms with E-state index in [-0.39, 0.29) is 12.0 Å². The average molecular weight is 504 g/mol. The number of hydrogen-bond donors (Lipinski definition) is 1. The number of alkyl halides is 1. The molecule has 0 aliphatic carbocycles. The van der Waals surface area contributed by atoms with Crippen molar-refractivity contribution in [3.63, 3.8) is 0 Å². The van der Waals surface area contributed by atoms with Gasteiger partial charge in [0.2, 0.25) is 0 Å². The Kier molecular flexibility index (Phi) is 8.64. The Morgan fingerprint density at radius 2 is 2.00 bits per heavy atom. The first-order valence-corrected chi connectivity index (χ1v) is 13.0. The van der Waals surface area contributed by atoms with Crippen LogP contribution in [0.1, 0.15) is 37.4 Å². The molecule has 0 amide bonds. The molecule has 1 N–H and O–H groups in total. The maximum atomic E-state index is 15.6. The van der Waals surface area contributed by atoms with Crippen LogP contribution >= 0.6 is 23.4 Å². The summed E-state index contributed by atoms with van der Waals surface area (Å²) in [5.41, 5.74) is 0.911. The summed E-state index contributed by atoms with van der Waals surface area (Å²) in [5.74, 6) is 1.66. The van der Waals surface area contributed by atoms with Crippen molar-refractivity contribution in [3.8, 4) is 5.75 Å². The number of hydrogen-bond acceptors (Lipinski definition) is 6. The number of aliphatic hydroxyl groups is 1. The van der Waals surface area contributed by atoms with E-state index in [0.717, 1.165) is 38.2 Å². The first-order valence-electron chi connectivity index (χ1n) is 11.7. The Bertz CT molecular complexity index is 1080. The minimum atomic E-state index is -1.23. The number of fused-ring (bicyclic) bond motifs is 1. The Morgan fingerprint density at radius 1 is 1.24 bits per heavy atom. The zero-order valence-electron chi connectivity index (χ0n) is 19.4. The molecule has 0 bridgehead atoms. The van der Waals surface area contributed by atoms with E-state index in [1.54, 1.807) is 13.2 Å². The summed E-state index contributed by atoms with van der Waals surface area (Å²) in [6.07, 6.45) is 6.59. The molecule has 1 aromatic carbocycles. The summed E-state index contributed by atoms with van der Waals surface area (Å²) in [4.78, 5) is 12.0. The summed E-state index contributed by atoms with van der Waals surface area (Å²) in [5, 5.41) is 11.2. The molecular formula is C26H31ClFN3O2S. The second kappa shape index (κ2) is 11.7. The van der Waals surface area contributed by atoms with Crippen molar-refractivity contribution in [2.45, 2.75) is 36.8 Å². The molecule has 8 heteroatoms. The molecular weight excluding hydrogens is 473 g/mol. The van der Waals surface area contributed by atoms with Gasteiger partial charge in [0, 0.05) is 53.3 Å². The van der Waals surface area contributed by atoms with E-state index in [1.165, 1.54) is 11.1 Å². The minimum absolute atomic E-state index is 0.0813. The van der Waals surface area contributed by atoms with E-state index < -0.39 is 6.17 Å². The molecule has 1 aliphatic rings. The highest BCUT2D eigenvalue weighted by molar-refractivity contribution is 7.99. The van der Waals surface area contributed by atoms with Crippen molar-refractivity contribution in [2.75, 3.05) is 39.1 Å². The van der Waals surface area contributed by atoms with Gasteiger partial charge in [-0.3, -0.25) is 9.97 Å². The number of ether oxygens (including phenoxy) is 1. The number of thioether (sulfide) groups is 1. The molecule has 4 rings (SSSR count). The number of halogens is 2. The van der Waals surface area contributed by atoms with Gasteiger partial charge in [0.25, 0.3) is 0 Å². The van der Waals surface area contributed by atoms with Crippen molar-refractivity contribution in [2.24, 2.45) is 5.41 Å². The van der Waals surface area contributed by atoms with Crippen LogP contribution in [0.4, 0.5) is 4.39 Å². The van der Waals surface area contributed by atoms with E-state index >= 15 is 4.39 Å². The van der Waals surface area contributed by atoms with Crippen LogP contribution in [0.5, 0.6) is 5.75 Å². The lowest BCUT2D eigenvalue weighted by atomic mass is 9.74. The Labute approximate surface area is 209 Å². The van der Waals surface area contributed by atoms with Crippen LogP contribution in [0.3, 0.4) is 0 Å². The van der Waals surface area contributed by atoms with Gasteiger partial charge in [-0.05, 0) is 74.5 Å². The van der Waals surface area contributed by atoms with Crippen molar-refractivity contribution >= 4 is 34.3 Å². The molecule has 1 atom stereocenters. The number of methoxy groups -OCH3 is 1. The monoisotopic (exact) mass is 503 g/mol. The van der Waals surface area contributed by atoms with Crippen LogP contribution in [0, 0.1) is 5.41 Å². The van der Waals surface area contributed by atoms with Crippen molar-refractivity contribution in [1.29, 1.82) is 0 Å². The topological polar surface area (TPSA) is 58.5 Å². The lowest BCUT2D eigenvalue weighted by molar-refractivity contribution is 0.0323. The third-order valence-corrected chi connectivity index (χ3v) is 8.18. The minimum Gasteiger partial charge on any atom is -0.497 e. The van der Waals surface area contributed by atoms with Gasteiger partial charge in [-0.15, -0.1) is 11.8 Å². The zero-order chi connectivity index (χ0) is 24.0. The van der Waals surface area contributed by atoms with E-state index in [0.29, 0.717) is 40.1 Å². The van der Waals surface area contributed by atoms with Crippen molar-refractivity contribution in [1.82, 2.24) is 14.9 Å². The van der Waals surface area contributed by atoms with Crippen LogP contribution in [-0.2, 0) is 0 Å². The summed E-state index contributed by atoms with van der Waals surface area (Å²) in [7, 11) is 1.58. The molecule has 5 nitrogen and oxygen atoms in total. The molecule has 182 valence electrons. The molecule has 0 saturated carbocycles. The van der Waals surface area contributed by atoms with Crippen LogP contribution < -0.4 is 4.74 Å². The van der Waals surface area contributed by atoms with Crippen molar-refractivity contribution < 1.29 is 14.2 Å². The zero-order valence-corrected chi connectivity index (χ0v) is 21.0. The number of pyridine rings is 2. The van der Waals surface area contributed by atoms with Crippen LogP contribution in [-0.4, -0.2) is 59.1 Å². The highest BCUT2D eigenvalue weighted by atomic mass is 35.5. The fourth-order valence-corrected chi connectivity index (χ4v) is 5.82. The van der Waals surface area contributed by atoms with Gasteiger partial charge in [-0.25, -0.2) is 4.39 Å². The van der Waals surface area contributed by atoms with Gasteiger partial charge < -0.3 is 14.7 Å². The highest BCUT2D eigenvalue weighted by Gasteiger charge is 2.35. The summed E-state index contributed by atoms with van der Waals surface area (Å²) in [6.45, 7) is 2.92. The predicted molar refractivity (Wildman–Crippen MR) is 137 cm³/mol. The molecule has 0 radical (unpaired) electrons. The normalized spacial score (nSPS) is 17.1. The predicted octanol–water partition coefficient (Wildman–Crippen LogP) is 5.95. The summed E-state index contributed by atoms with van der Waals surface area (Å²) < 4.78 is 20.9. The van der Waals surface area contributed by atoms with Gasteiger partial charge in [0.1, 0.15) is 11.9 Å². The number of rotatable bonds is 10. The SMILES string of the molecule is COc1ccc2ncc(Cl)c([C@@H](F)CCC3(CO)CCN(CCSc4ccncc4)CC3)c2c1. The van der Waals surface area contributed by atoms with E-state index in [9.17, 15) is 5.11 Å². The quantitative estimate of drug-likeness (QED) is 0.345. The molecule has 2 aromatic heterocycles. The summed E-state index contributed by atoms with van der Waals surface area (Å²) in [6, 6.07) is 9.47. The molecule has 0 spiro atoms. The van der Waals surface area contributed by atoms with Gasteiger partial charge in [-0.1, -0.05) is 11.6 Å². The van der Waals surface area contributed by atoms with Gasteiger partial charge in [0.05, 0.1) is 17.6 Å². The molecule has 34 heavy (non-hydrogen) atoms. The van der Waals surface area contributed by atoms with Crippen LogP contribution in [0.2, 0.25) is 5.02 Å². The molecule has 0 unspecified atom stereocenters. The standard InChI is InChI=1S/C26H31ClFN3O2S/c1-33-19-2-3-24-21(16-19)25(22(27)17-30-24)23(28)4-7-26(18-32)8-12-31(13-9-26)14-15-34-20-5-10-29-11-6-20/h2-3,5-6,10-11,16-17,23,32H,4,7-9,12-15,18H2,1H3/t23-/m0/s1. The van der Waals surface area contributed by atoms with Crippen LogP contribution in [0.25, 0.3) is 10.9 Å². The van der Waals surface area contributed by atoms with Gasteiger partial charge >= 0.3 is 0 Å². The summed E-state index contributed by atoms with van der Waals surface area (Å²) >= 11 is 8.22. The number of nitrogens with zero attached hydrogens (tertiary/aromatic N) is 3. The van der Waals surface area contributed by atoms with Crippen molar-refractivity contribution in [3.05, 3.63) is 59.5 Å². The maximum absolute atomic E-state index is 15.6. The first kappa shape index (κ1) is 25.2. The van der Waals surface area contributed by atoms with Gasteiger partial charge in [0.15, 0.2) is 0 Å². The Morgan fingerprint density at radius 3 is 2.71 bits per heavy atom. The van der Waals surface area contributed by atoms with E-state index in [1.807, 2.05) is 48.4 Å². The number of likely N-dealkylation sites (tertiary alicyclic amines) is 1. The maximum Gasteiger partial charge on any atom is 0.127 e. The Balaban J connectivity index is 1.34. The second-order valence-corrected chi connectivity index (χ2v) is 10.5. The lowest BCUT2D eigenvalue weighted by Crippen LogP contribution is -2.42. The third kappa shape index (κ3) is 6.00.